The van der Waals surface area contributed by atoms with Crippen molar-refractivity contribution in [3.8, 4) is 0 Å². The highest BCUT2D eigenvalue weighted by atomic mass is 32.2. The summed E-state index contributed by atoms with van der Waals surface area (Å²) in [6.45, 7) is 4.56. The zero-order valence-electron chi connectivity index (χ0n) is 15.6. The Morgan fingerprint density at radius 3 is 2.70 bits per heavy atom. The number of aryl methyl sites for hydroxylation is 1. The van der Waals surface area contributed by atoms with Gasteiger partial charge in [-0.25, -0.2) is 0 Å². The van der Waals surface area contributed by atoms with Gasteiger partial charge in [-0.15, -0.1) is 11.8 Å². The lowest BCUT2D eigenvalue weighted by molar-refractivity contribution is 0.0933. The summed E-state index contributed by atoms with van der Waals surface area (Å²) >= 11 is 1.86. The summed E-state index contributed by atoms with van der Waals surface area (Å²) in [5.74, 6) is 0.990. The molecule has 1 N–H and O–H groups in total. The minimum atomic E-state index is -0.0315. The third-order valence-electron chi connectivity index (χ3n) is 5.05. The van der Waals surface area contributed by atoms with Crippen molar-refractivity contribution in [3.63, 3.8) is 0 Å². The first-order valence-electron chi connectivity index (χ1n) is 9.24. The van der Waals surface area contributed by atoms with Crippen LogP contribution < -0.4 is 5.32 Å². The van der Waals surface area contributed by atoms with E-state index in [0.717, 1.165) is 23.6 Å². The Bertz CT molecular complexity index is 965. The van der Waals surface area contributed by atoms with E-state index >= 15 is 0 Å². The van der Waals surface area contributed by atoms with Gasteiger partial charge in [0, 0.05) is 16.3 Å². The largest absolute Gasteiger partial charge is 0.345 e. The van der Waals surface area contributed by atoms with E-state index in [4.69, 9.17) is 0 Å². The van der Waals surface area contributed by atoms with Crippen LogP contribution in [0.15, 0.2) is 59.5 Å². The van der Waals surface area contributed by atoms with Crippen LogP contribution in [0.2, 0.25) is 0 Å². The minimum absolute atomic E-state index is 0.0315. The first kappa shape index (κ1) is 17.9. The minimum Gasteiger partial charge on any atom is -0.345 e. The Morgan fingerprint density at radius 2 is 1.89 bits per heavy atom. The predicted octanol–water partition coefficient (Wildman–Crippen LogP) is 4.52. The maximum Gasteiger partial charge on any atom is 0.255 e. The quantitative estimate of drug-likeness (QED) is 0.727. The summed E-state index contributed by atoms with van der Waals surface area (Å²) < 4.78 is 1.92. The molecule has 0 fully saturated rings. The first-order chi connectivity index (χ1) is 13.1. The number of carbonyl (C=O) groups is 1. The second-order valence-corrected chi connectivity index (χ2v) is 8.03. The zero-order chi connectivity index (χ0) is 18.8. The molecule has 1 amide bonds. The van der Waals surface area contributed by atoms with Crippen molar-refractivity contribution in [2.75, 3.05) is 5.75 Å². The molecule has 1 aliphatic rings. The lowest BCUT2D eigenvalue weighted by Crippen LogP contribution is -2.31. The van der Waals surface area contributed by atoms with Gasteiger partial charge in [0.1, 0.15) is 0 Å². The maximum atomic E-state index is 13.1. The average Bonchev–Trinajstić information content (AvgIpc) is 2.96. The number of benzene rings is 2. The molecule has 0 saturated carbocycles. The molecule has 0 unspecified atom stereocenters. The number of hydrogen-bond acceptors (Lipinski definition) is 3. The second-order valence-electron chi connectivity index (χ2n) is 6.89. The number of rotatable bonds is 4. The summed E-state index contributed by atoms with van der Waals surface area (Å²) in [7, 11) is 0. The van der Waals surface area contributed by atoms with Gasteiger partial charge in [0.25, 0.3) is 5.91 Å². The number of nitrogens with zero attached hydrogens (tertiary/aromatic N) is 2. The van der Waals surface area contributed by atoms with E-state index in [1.807, 2.05) is 54.6 Å². The van der Waals surface area contributed by atoms with Gasteiger partial charge in [0.15, 0.2) is 0 Å². The van der Waals surface area contributed by atoms with Gasteiger partial charge in [-0.1, -0.05) is 48.5 Å². The van der Waals surface area contributed by atoms with E-state index in [-0.39, 0.29) is 11.9 Å². The van der Waals surface area contributed by atoms with E-state index in [9.17, 15) is 4.79 Å². The van der Waals surface area contributed by atoms with Crippen LogP contribution in [0.3, 0.4) is 0 Å². The van der Waals surface area contributed by atoms with E-state index in [2.05, 4.69) is 40.7 Å². The molecule has 0 saturated heterocycles. The second kappa shape index (κ2) is 7.61. The molecule has 3 aromatic rings. The van der Waals surface area contributed by atoms with Crippen molar-refractivity contribution in [2.45, 2.75) is 37.8 Å². The van der Waals surface area contributed by atoms with Gasteiger partial charge < -0.3 is 5.32 Å². The number of nitrogens with one attached hydrogen (secondary N) is 1. The van der Waals surface area contributed by atoms with E-state index in [1.165, 1.54) is 16.0 Å². The molecule has 5 heteroatoms. The van der Waals surface area contributed by atoms with Gasteiger partial charge in [-0.05, 0) is 37.5 Å². The molecule has 0 radical (unpaired) electrons. The summed E-state index contributed by atoms with van der Waals surface area (Å²) in [6.07, 6.45) is 0.948. The molecule has 2 heterocycles. The molecule has 4 rings (SSSR count). The summed E-state index contributed by atoms with van der Waals surface area (Å²) in [5.41, 5.74) is 4.77. The summed E-state index contributed by atoms with van der Waals surface area (Å²) in [4.78, 5) is 14.3. The predicted molar refractivity (Wildman–Crippen MR) is 109 cm³/mol. The van der Waals surface area contributed by atoms with Crippen molar-refractivity contribution in [1.82, 2.24) is 15.1 Å². The molecule has 1 aliphatic heterocycles. The van der Waals surface area contributed by atoms with Crippen LogP contribution in [0.1, 0.15) is 45.3 Å². The molecular formula is C22H23N3OS. The van der Waals surface area contributed by atoms with Gasteiger partial charge in [-0.3, -0.25) is 9.48 Å². The lowest BCUT2D eigenvalue weighted by Gasteiger charge is -2.26. The number of carbonyl (C=O) groups excluding carboxylic acids is 1. The molecule has 1 aromatic heterocycles. The molecule has 0 spiro atoms. The van der Waals surface area contributed by atoms with Crippen molar-refractivity contribution in [1.29, 1.82) is 0 Å². The Kier molecular flexibility index (Phi) is 5.03. The topological polar surface area (TPSA) is 46.9 Å². The molecule has 2 aromatic carbocycles. The summed E-state index contributed by atoms with van der Waals surface area (Å²) in [5, 5.41) is 7.86. The van der Waals surface area contributed by atoms with E-state index in [0.29, 0.717) is 12.1 Å². The molecule has 1 atom stereocenters. The fourth-order valence-electron chi connectivity index (χ4n) is 3.66. The van der Waals surface area contributed by atoms with Crippen LogP contribution >= 0.6 is 11.8 Å². The fraction of sp³-hybridized carbons (Fsp3) is 0.273. The van der Waals surface area contributed by atoms with Crippen molar-refractivity contribution >= 4 is 17.7 Å². The zero-order valence-corrected chi connectivity index (χ0v) is 16.4. The van der Waals surface area contributed by atoms with Crippen LogP contribution in [0, 0.1) is 13.8 Å². The molecule has 0 bridgehead atoms. The Labute approximate surface area is 164 Å². The highest BCUT2D eigenvalue weighted by Crippen LogP contribution is 2.36. The van der Waals surface area contributed by atoms with Gasteiger partial charge >= 0.3 is 0 Å². The van der Waals surface area contributed by atoms with E-state index in [1.54, 1.807) is 0 Å². The number of amides is 1. The lowest BCUT2D eigenvalue weighted by atomic mass is 10.0. The fourth-order valence-corrected chi connectivity index (χ4v) is 4.78. The number of thioether (sulfide) groups is 1. The van der Waals surface area contributed by atoms with Crippen molar-refractivity contribution in [2.24, 2.45) is 0 Å². The van der Waals surface area contributed by atoms with Crippen molar-refractivity contribution < 1.29 is 4.79 Å². The number of hydrogen-bond donors (Lipinski definition) is 1. The smallest absolute Gasteiger partial charge is 0.255 e. The average molecular weight is 378 g/mol. The van der Waals surface area contributed by atoms with Crippen LogP contribution in [0.5, 0.6) is 0 Å². The van der Waals surface area contributed by atoms with Crippen LogP contribution in [0.4, 0.5) is 0 Å². The SMILES string of the molecule is Cc1nn(Cc2ccccc2)c(C)c1C(=O)N[C@@H]1CCSc2ccccc21. The molecule has 138 valence electrons. The van der Waals surface area contributed by atoms with Crippen LogP contribution in [-0.2, 0) is 6.54 Å². The number of aromatic nitrogens is 2. The third kappa shape index (κ3) is 3.65. The normalized spacial score (nSPS) is 16.0. The van der Waals surface area contributed by atoms with Gasteiger partial charge in [0.2, 0.25) is 0 Å². The number of fused-ring (bicyclic) bond motifs is 1. The van der Waals surface area contributed by atoms with Crippen LogP contribution in [-0.4, -0.2) is 21.4 Å². The highest BCUT2D eigenvalue weighted by molar-refractivity contribution is 7.99. The monoisotopic (exact) mass is 377 g/mol. The van der Waals surface area contributed by atoms with Gasteiger partial charge in [-0.2, -0.15) is 5.10 Å². The standard InChI is InChI=1S/C22H23N3OS/c1-15-21(16(2)25(24-15)14-17-8-4-3-5-9-17)22(26)23-19-12-13-27-20-11-7-6-10-18(19)20/h3-11,19H,12-14H2,1-2H3,(H,23,26)/t19-/m1/s1. The molecule has 0 aliphatic carbocycles. The highest BCUT2D eigenvalue weighted by Gasteiger charge is 2.25. The Morgan fingerprint density at radius 1 is 1.15 bits per heavy atom. The van der Waals surface area contributed by atoms with Gasteiger partial charge in [0.05, 0.1) is 23.8 Å². The maximum absolute atomic E-state index is 13.1. The molecular weight excluding hydrogens is 354 g/mol. The Balaban J connectivity index is 1.56. The van der Waals surface area contributed by atoms with E-state index < -0.39 is 0 Å². The Hall–Kier alpha value is -2.53. The summed E-state index contributed by atoms with van der Waals surface area (Å²) in [6, 6.07) is 18.6. The van der Waals surface area contributed by atoms with Crippen molar-refractivity contribution in [3.05, 3.63) is 82.7 Å². The van der Waals surface area contributed by atoms with Crippen LogP contribution in [0.25, 0.3) is 0 Å². The third-order valence-corrected chi connectivity index (χ3v) is 6.17. The molecule has 4 nitrogen and oxygen atoms in total. The first-order valence-corrected chi connectivity index (χ1v) is 10.2. The molecule has 27 heavy (non-hydrogen) atoms.